The average Bonchev–Trinajstić information content (AvgIpc) is 2.61. The Hall–Kier alpha value is -0.980. The van der Waals surface area contributed by atoms with Crippen LogP contribution in [0.5, 0.6) is 0 Å². The van der Waals surface area contributed by atoms with Crippen molar-refractivity contribution in [3.63, 3.8) is 0 Å². The molecule has 0 aliphatic carbocycles. The number of aromatic nitrogens is 1. The van der Waals surface area contributed by atoms with Gasteiger partial charge in [-0.15, -0.1) is 0 Å². The molecule has 1 aromatic rings. The Morgan fingerprint density at radius 1 is 1.23 bits per heavy atom. The van der Waals surface area contributed by atoms with Gasteiger partial charge in [0.05, 0.1) is 11.0 Å². The second-order valence-corrected chi connectivity index (χ2v) is 10.6. The van der Waals surface area contributed by atoms with Crippen LogP contribution in [0.1, 0.15) is 45.4 Å². The van der Waals surface area contributed by atoms with Crippen LogP contribution in [0.3, 0.4) is 0 Å². The Labute approximate surface area is 159 Å². The molecule has 2 heterocycles. The van der Waals surface area contributed by atoms with E-state index in [-0.39, 0.29) is 11.0 Å². The van der Waals surface area contributed by atoms with Gasteiger partial charge in [0.2, 0.25) is 0 Å². The predicted molar refractivity (Wildman–Crippen MR) is 108 cm³/mol. The highest BCUT2D eigenvalue weighted by Gasteiger charge is 2.31. The molecule has 1 fully saturated rings. The lowest BCUT2D eigenvalue weighted by atomic mass is 9.95. The van der Waals surface area contributed by atoms with E-state index in [1.165, 1.54) is 5.56 Å². The number of hydrogen-bond donors (Lipinski definition) is 0. The molecule has 148 valence electrons. The molecule has 1 aliphatic rings. The lowest BCUT2D eigenvalue weighted by molar-refractivity contribution is 0.0452. The molecule has 6 heteroatoms. The highest BCUT2D eigenvalue weighted by Crippen LogP contribution is 2.21. The second kappa shape index (κ2) is 9.29. The number of piperazine rings is 1. The summed E-state index contributed by atoms with van der Waals surface area (Å²) in [6.45, 7) is 14.5. The second-order valence-electron chi connectivity index (χ2n) is 7.95. The van der Waals surface area contributed by atoms with Crippen molar-refractivity contribution in [2.75, 3.05) is 31.9 Å². The van der Waals surface area contributed by atoms with Crippen LogP contribution in [0.2, 0.25) is 0 Å². The van der Waals surface area contributed by atoms with Gasteiger partial charge in [-0.3, -0.25) is 14.8 Å². The van der Waals surface area contributed by atoms with Crippen molar-refractivity contribution in [3.05, 3.63) is 29.6 Å². The van der Waals surface area contributed by atoms with E-state index in [9.17, 15) is 8.42 Å². The summed E-state index contributed by atoms with van der Waals surface area (Å²) in [7, 11) is -2.98. The quantitative estimate of drug-likeness (QED) is 0.693. The lowest BCUT2D eigenvalue weighted by Crippen LogP contribution is -2.56. The van der Waals surface area contributed by atoms with Gasteiger partial charge in [0.1, 0.15) is 0 Å². The average molecular weight is 382 g/mol. The molecule has 26 heavy (non-hydrogen) atoms. The molecule has 1 saturated heterocycles. The Morgan fingerprint density at radius 3 is 2.54 bits per heavy atom. The van der Waals surface area contributed by atoms with Crippen molar-refractivity contribution in [3.8, 4) is 0 Å². The number of nitrogens with zero attached hydrogens (tertiary/aromatic N) is 3. The first kappa shape index (κ1) is 21.3. The van der Waals surface area contributed by atoms with Gasteiger partial charge in [-0.05, 0) is 38.3 Å². The molecule has 0 aromatic carbocycles. The van der Waals surface area contributed by atoms with E-state index in [1.54, 1.807) is 13.8 Å². The fraction of sp³-hybridized carbons (Fsp3) is 0.750. The Balaban J connectivity index is 2.00. The minimum atomic E-state index is -2.98. The zero-order chi connectivity index (χ0) is 19.3. The van der Waals surface area contributed by atoms with Crippen LogP contribution in [0, 0.1) is 12.8 Å². The maximum Gasteiger partial charge on any atom is 0.153 e. The summed E-state index contributed by atoms with van der Waals surface area (Å²) in [5, 5.41) is -0.292. The van der Waals surface area contributed by atoms with Gasteiger partial charge in [0, 0.05) is 50.7 Å². The van der Waals surface area contributed by atoms with Crippen LogP contribution >= 0.6 is 0 Å². The summed E-state index contributed by atoms with van der Waals surface area (Å²) in [6, 6.07) is 4.63. The molecule has 0 radical (unpaired) electrons. The number of pyridine rings is 1. The van der Waals surface area contributed by atoms with E-state index >= 15 is 0 Å². The molecule has 2 rings (SSSR count). The summed E-state index contributed by atoms with van der Waals surface area (Å²) in [5.41, 5.74) is 2.29. The molecule has 5 nitrogen and oxygen atoms in total. The van der Waals surface area contributed by atoms with Crippen molar-refractivity contribution < 1.29 is 8.42 Å². The Morgan fingerprint density at radius 2 is 1.96 bits per heavy atom. The van der Waals surface area contributed by atoms with Crippen molar-refractivity contribution in [1.29, 1.82) is 0 Å². The third kappa shape index (κ3) is 5.76. The van der Waals surface area contributed by atoms with E-state index in [0.29, 0.717) is 18.5 Å². The highest BCUT2D eigenvalue weighted by atomic mass is 32.2. The fourth-order valence-electron chi connectivity index (χ4n) is 3.47. The molecule has 0 N–H and O–H groups in total. The SMILES string of the molecule is CC[C@@H](C)[C@H]1CN(Cc2ccc(C)nc2)CCN1CCS(=O)(=O)C(C)C. The van der Waals surface area contributed by atoms with Crippen molar-refractivity contribution in [1.82, 2.24) is 14.8 Å². The summed E-state index contributed by atoms with van der Waals surface area (Å²) in [6.07, 6.45) is 3.08. The van der Waals surface area contributed by atoms with Gasteiger partial charge in [-0.1, -0.05) is 26.3 Å². The van der Waals surface area contributed by atoms with Gasteiger partial charge < -0.3 is 0 Å². The zero-order valence-electron chi connectivity index (χ0n) is 17.0. The Kier molecular flexibility index (Phi) is 7.62. The summed E-state index contributed by atoms with van der Waals surface area (Å²) >= 11 is 0. The summed E-state index contributed by atoms with van der Waals surface area (Å²) in [5.74, 6) is 0.815. The fourth-order valence-corrected chi connectivity index (χ4v) is 4.43. The van der Waals surface area contributed by atoms with Crippen LogP contribution in [0.4, 0.5) is 0 Å². The van der Waals surface area contributed by atoms with E-state index in [4.69, 9.17) is 0 Å². The van der Waals surface area contributed by atoms with E-state index in [1.807, 2.05) is 13.1 Å². The highest BCUT2D eigenvalue weighted by molar-refractivity contribution is 7.92. The van der Waals surface area contributed by atoms with Crippen LogP contribution in [-0.4, -0.2) is 66.4 Å². The monoisotopic (exact) mass is 381 g/mol. The third-order valence-corrected chi connectivity index (χ3v) is 7.87. The zero-order valence-corrected chi connectivity index (χ0v) is 17.8. The molecule has 0 saturated carbocycles. The van der Waals surface area contributed by atoms with Crippen LogP contribution in [0.15, 0.2) is 18.3 Å². The van der Waals surface area contributed by atoms with E-state index < -0.39 is 9.84 Å². The lowest BCUT2D eigenvalue weighted by Gasteiger charge is -2.44. The molecule has 0 spiro atoms. The smallest absolute Gasteiger partial charge is 0.153 e. The Bertz CT molecular complexity index is 658. The van der Waals surface area contributed by atoms with Crippen LogP contribution in [0.25, 0.3) is 0 Å². The van der Waals surface area contributed by atoms with Gasteiger partial charge in [0.15, 0.2) is 9.84 Å². The maximum absolute atomic E-state index is 12.2. The maximum atomic E-state index is 12.2. The number of aryl methyl sites for hydroxylation is 1. The van der Waals surface area contributed by atoms with Gasteiger partial charge in [-0.2, -0.15) is 0 Å². The molecular formula is C20H35N3O2S. The molecule has 2 atom stereocenters. The minimum Gasteiger partial charge on any atom is -0.297 e. The minimum absolute atomic E-state index is 0.263. The molecule has 0 unspecified atom stereocenters. The first-order valence-corrected chi connectivity index (χ1v) is 11.5. The molecular weight excluding hydrogens is 346 g/mol. The topological polar surface area (TPSA) is 53.5 Å². The molecule has 0 amide bonds. The largest absolute Gasteiger partial charge is 0.297 e. The number of sulfone groups is 1. The molecule has 1 aromatic heterocycles. The van der Waals surface area contributed by atoms with Crippen LogP contribution in [-0.2, 0) is 16.4 Å². The van der Waals surface area contributed by atoms with Gasteiger partial charge in [-0.25, -0.2) is 8.42 Å². The summed E-state index contributed by atoms with van der Waals surface area (Å²) in [4.78, 5) is 9.28. The third-order valence-electron chi connectivity index (χ3n) is 5.68. The molecule has 1 aliphatic heterocycles. The van der Waals surface area contributed by atoms with Crippen molar-refractivity contribution >= 4 is 9.84 Å². The first-order valence-electron chi connectivity index (χ1n) is 9.82. The van der Waals surface area contributed by atoms with Crippen molar-refractivity contribution in [2.45, 2.75) is 58.9 Å². The summed E-state index contributed by atoms with van der Waals surface area (Å²) < 4.78 is 24.4. The molecule has 0 bridgehead atoms. The predicted octanol–water partition coefficient (Wildman–Crippen LogP) is 2.75. The normalized spacial score (nSPS) is 21.2. The van der Waals surface area contributed by atoms with Gasteiger partial charge in [0.25, 0.3) is 0 Å². The van der Waals surface area contributed by atoms with E-state index in [2.05, 4.69) is 40.8 Å². The standard InChI is InChI=1S/C20H35N3O2S/c1-6-17(4)20-15-22(14-19-8-7-18(5)21-13-19)9-10-23(20)11-12-26(24,25)16(2)3/h7-8,13,16-17,20H,6,9-12,14-15H2,1-5H3/t17-,20-/m1/s1. The first-order chi connectivity index (χ1) is 12.2. The van der Waals surface area contributed by atoms with Gasteiger partial charge >= 0.3 is 0 Å². The van der Waals surface area contributed by atoms with E-state index in [0.717, 1.165) is 38.3 Å². The number of hydrogen-bond acceptors (Lipinski definition) is 5. The van der Waals surface area contributed by atoms with Crippen molar-refractivity contribution in [2.24, 2.45) is 5.92 Å². The number of rotatable bonds is 8. The van der Waals surface area contributed by atoms with Crippen LogP contribution < -0.4 is 0 Å².